The molecule has 0 aliphatic carbocycles. The second kappa shape index (κ2) is 11.7. The summed E-state index contributed by atoms with van der Waals surface area (Å²) >= 11 is 0. The molecule has 0 aliphatic rings. The van der Waals surface area contributed by atoms with Gasteiger partial charge in [-0.3, -0.25) is 19.5 Å². The maximum Gasteiger partial charge on any atom is 0.425 e. The zero-order chi connectivity index (χ0) is 26.2. The van der Waals surface area contributed by atoms with E-state index < -0.39 is 18.0 Å². The molecule has 0 atom stereocenters. The highest BCUT2D eigenvalue weighted by molar-refractivity contribution is 5.98. The average Bonchev–Trinajstić information content (AvgIpc) is 3.28. The Bertz CT molecular complexity index is 1350. The first-order valence-electron chi connectivity index (χ1n) is 11.3. The molecule has 2 aromatic carbocycles. The fourth-order valence-corrected chi connectivity index (χ4v) is 3.35. The molecule has 0 saturated carbocycles. The quantitative estimate of drug-likeness (QED) is 0.267. The molecule has 2 amide bonds. The molecule has 1 N–H and O–H groups in total. The number of nitrogens with zero attached hydrogens (tertiary/aromatic N) is 5. The van der Waals surface area contributed by atoms with Gasteiger partial charge in [0.25, 0.3) is 5.88 Å². The van der Waals surface area contributed by atoms with Gasteiger partial charge in [0, 0.05) is 13.8 Å². The predicted octanol–water partition coefficient (Wildman–Crippen LogP) is 3.66. The van der Waals surface area contributed by atoms with Gasteiger partial charge >= 0.3 is 12.1 Å². The van der Waals surface area contributed by atoms with E-state index in [1.165, 1.54) is 25.1 Å². The van der Waals surface area contributed by atoms with Crippen LogP contribution in [0.25, 0.3) is 11.2 Å². The highest BCUT2D eigenvalue weighted by Gasteiger charge is 2.24. The van der Waals surface area contributed by atoms with E-state index in [0.717, 1.165) is 0 Å². The molecular weight excluding hydrogens is 480 g/mol. The van der Waals surface area contributed by atoms with Gasteiger partial charge in [-0.2, -0.15) is 9.97 Å². The van der Waals surface area contributed by atoms with E-state index in [9.17, 15) is 14.4 Å². The standard InChI is InChI=1S/C25H24N6O6/c1-17(32)27-24-28-22-21(26-15-30(22)16-35-13-14-36-18(2)33)23(29-24)37-25(34)31(19-9-5-3-6-10-19)20-11-7-4-8-12-20/h3-12,15H,13-14,16H2,1-2H3,(H,27,28,29,32). The Labute approximate surface area is 211 Å². The summed E-state index contributed by atoms with van der Waals surface area (Å²) in [5, 5.41) is 2.50. The Kier molecular flexibility index (Phi) is 8.01. The molecular formula is C25H24N6O6. The fraction of sp³-hybridized carbons (Fsp3) is 0.200. The van der Waals surface area contributed by atoms with Crippen molar-refractivity contribution in [1.29, 1.82) is 0 Å². The molecule has 190 valence electrons. The van der Waals surface area contributed by atoms with Crippen molar-refractivity contribution in [3.8, 4) is 5.88 Å². The molecule has 2 heterocycles. The normalized spacial score (nSPS) is 10.6. The lowest BCUT2D eigenvalue weighted by molar-refractivity contribution is -0.142. The molecule has 0 radical (unpaired) electrons. The van der Waals surface area contributed by atoms with Crippen molar-refractivity contribution < 1.29 is 28.6 Å². The van der Waals surface area contributed by atoms with Crippen molar-refractivity contribution in [2.75, 3.05) is 23.4 Å². The summed E-state index contributed by atoms with van der Waals surface area (Å²) in [6.45, 7) is 2.87. The van der Waals surface area contributed by atoms with Gasteiger partial charge in [-0.25, -0.2) is 14.7 Å². The van der Waals surface area contributed by atoms with Crippen LogP contribution in [0.1, 0.15) is 13.8 Å². The first kappa shape index (κ1) is 25.3. The third kappa shape index (κ3) is 6.44. The number of amides is 2. The van der Waals surface area contributed by atoms with Crippen LogP contribution in [0, 0.1) is 0 Å². The number of esters is 1. The van der Waals surface area contributed by atoms with E-state index in [1.807, 2.05) is 12.1 Å². The topological polar surface area (TPSA) is 138 Å². The molecule has 12 heteroatoms. The molecule has 12 nitrogen and oxygen atoms in total. The number of rotatable bonds is 9. The zero-order valence-corrected chi connectivity index (χ0v) is 20.2. The molecule has 0 saturated heterocycles. The Morgan fingerprint density at radius 1 is 0.919 bits per heavy atom. The molecule has 2 aromatic heterocycles. The van der Waals surface area contributed by atoms with E-state index in [4.69, 9.17) is 14.2 Å². The van der Waals surface area contributed by atoms with Crippen LogP contribution < -0.4 is 15.0 Å². The number of benzene rings is 2. The number of aromatic nitrogens is 4. The first-order valence-corrected chi connectivity index (χ1v) is 11.3. The first-order chi connectivity index (χ1) is 17.9. The number of ether oxygens (including phenoxy) is 3. The van der Waals surface area contributed by atoms with Gasteiger partial charge in [0.15, 0.2) is 11.2 Å². The van der Waals surface area contributed by atoms with Gasteiger partial charge in [-0.15, -0.1) is 0 Å². The van der Waals surface area contributed by atoms with E-state index in [2.05, 4.69) is 20.3 Å². The number of para-hydroxylation sites is 2. The molecule has 4 rings (SSSR count). The van der Waals surface area contributed by atoms with Crippen LogP contribution >= 0.6 is 0 Å². The number of carbonyl (C=O) groups excluding carboxylic acids is 3. The van der Waals surface area contributed by atoms with Gasteiger partial charge < -0.3 is 14.2 Å². The summed E-state index contributed by atoms with van der Waals surface area (Å²) in [5.74, 6) is -1.03. The van der Waals surface area contributed by atoms with Crippen LogP contribution in [0.5, 0.6) is 5.88 Å². The average molecular weight is 505 g/mol. The zero-order valence-electron chi connectivity index (χ0n) is 20.2. The largest absolute Gasteiger partial charge is 0.463 e. The summed E-state index contributed by atoms with van der Waals surface area (Å²) in [4.78, 5) is 50.2. The van der Waals surface area contributed by atoms with E-state index in [0.29, 0.717) is 11.4 Å². The van der Waals surface area contributed by atoms with E-state index in [1.54, 1.807) is 53.1 Å². The van der Waals surface area contributed by atoms with Crippen molar-refractivity contribution in [2.24, 2.45) is 0 Å². The van der Waals surface area contributed by atoms with Crippen molar-refractivity contribution in [3.63, 3.8) is 0 Å². The lowest BCUT2D eigenvalue weighted by Gasteiger charge is -2.22. The highest BCUT2D eigenvalue weighted by Crippen LogP contribution is 2.29. The van der Waals surface area contributed by atoms with Crippen LogP contribution in [-0.4, -0.2) is 50.7 Å². The minimum Gasteiger partial charge on any atom is -0.463 e. The summed E-state index contributed by atoms with van der Waals surface area (Å²) in [6, 6.07) is 18.0. The molecule has 0 aliphatic heterocycles. The third-order valence-corrected chi connectivity index (χ3v) is 4.88. The molecule has 4 aromatic rings. The number of hydrogen-bond acceptors (Lipinski definition) is 9. The van der Waals surface area contributed by atoms with Crippen LogP contribution in [0.15, 0.2) is 67.0 Å². The minimum absolute atomic E-state index is 0.0157. The van der Waals surface area contributed by atoms with Crippen LogP contribution in [0.2, 0.25) is 0 Å². The maximum atomic E-state index is 13.5. The SMILES string of the molecule is CC(=O)Nc1nc(OC(=O)N(c2ccccc2)c2ccccc2)c2ncn(COCCOC(C)=O)c2n1. The number of fused-ring (bicyclic) bond motifs is 1. The monoisotopic (exact) mass is 504 g/mol. The number of nitrogens with one attached hydrogen (secondary N) is 1. The number of hydrogen-bond donors (Lipinski definition) is 1. The van der Waals surface area contributed by atoms with Crippen LogP contribution in [-0.2, 0) is 25.8 Å². The Hall–Kier alpha value is -4.84. The maximum absolute atomic E-state index is 13.5. The third-order valence-electron chi connectivity index (χ3n) is 4.88. The summed E-state index contributed by atoms with van der Waals surface area (Å²) in [6.07, 6.45) is 0.699. The van der Waals surface area contributed by atoms with Crippen molar-refractivity contribution >= 4 is 46.5 Å². The van der Waals surface area contributed by atoms with Gasteiger partial charge in [0.2, 0.25) is 11.9 Å². The van der Waals surface area contributed by atoms with Gasteiger partial charge in [-0.1, -0.05) is 36.4 Å². The number of carbonyl (C=O) groups is 3. The highest BCUT2D eigenvalue weighted by atomic mass is 16.6. The van der Waals surface area contributed by atoms with Crippen molar-refractivity contribution in [3.05, 3.63) is 67.0 Å². The lowest BCUT2D eigenvalue weighted by Crippen LogP contribution is -2.29. The minimum atomic E-state index is -0.738. The summed E-state index contributed by atoms with van der Waals surface area (Å²) in [7, 11) is 0. The van der Waals surface area contributed by atoms with Crippen LogP contribution in [0.3, 0.4) is 0 Å². The van der Waals surface area contributed by atoms with Gasteiger partial charge in [0.1, 0.15) is 13.3 Å². The summed E-state index contributed by atoms with van der Waals surface area (Å²) < 4.78 is 17.6. The Morgan fingerprint density at radius 3 is 2.16 bits per heavy atom. The van der Waals surface area contributed by atoms with E-state index >= 15 is 0 Å². The molecule has 0 fully saturated rings. The number of anilines is 3. The fourth-order valence-electron chi connectivity index (χ4n) is 3.35. The molecule has 0 spiro atoms. The number of imidazole rings is 1. The smallest absolute Gasteiger partial charge is 0.425 e. The van der Waals surface area contributed by atoms with E-state index in [-0.39, 0.29) is 42.9 Å². The van der Waals surface area contributed by atoms with Crippen molar-refractivity contribution in [1.82, 2.24) is 19.5 Å². The predicted molar refractivity (Wildman–Crippen MR) is 133 cm³/mol. The lowest BCUT2D eigenvalue weighted by atomic mass is 10.2. The molecule has 0 bridgehead atoms. The van der Waals surface area contributed by atoms with Crippen LogP contribution in [0.4, 0.5) is 22.1 Å². The van der Waals surface area contributed by atoms with Gasteiger partial charge in [0.05, 0.1) is 24.3 Å². The Morgan fingerprint density at radius 2 is 1.57 bits per heavy atom. The van der Waals surface area contributed by atoms with Gasteiger partial charge in [-0.05, 0) is 24.3 Å². The second-order valence-electron chi connectivity index (χ2n) is 7.67. The van der Waals surface area contributed by atoms with Crippen molar-refractivity contribution in [2.45, 2.75) is 20.6 Å². The second-order valence-corrected chi connectivity index (χ2v) is 7.67. The Balaban J connectivity index is 1.64. The summed E-state index contributed by atoms with van der Waals surface area (Å²) in [5.41, 5.74) is 1.61. The molecule has 0 unspecified atom stereocenters. The molecule has 37 heavy (non-hydrogen) atoms.